The summed E-state index contributed by atoms with van der Waals surface area (Å²) >= 11 is 3.32. The normalized spacial score (nSPS) is 14.1. The van der Waals surface area contributed by atoms with E-state index in [1.54, 1.807) is 23.1 Å². The molecule has 164 valence electrons. The lowest BCUT2D eigenvalue weighted by molar-refractivity contribution is 0.248. The number of thioether (sulfide) groups is 1. The zero-order chi connectivity index (χ0) is 22.1. The van der Waals surface area contributed by atoms with Crippen molar-refractivity contribution < 1.29 is 0 Å². The Labute approximate surface area is 196 Å². The number of nitrogens with zero attached hydrogens (tertiary/aromatic N) is 3. The van der Waals surface area contributed by atoms with Gasteiger partial charge in [-0.15, -0.1) is 11.3 Å². The highest BCUT2D eigenvalue weighted by Gasteiger charge is 2.25. The highest BCUT2D eigenvalue weighted by Crippen LogP contribution is 2.35. The van der Waals surface area contributed by atoms with Gasteiger partial charge in [-0.1, -0.05) is 66.7 Å². The van der Waals surface area contributed by atoms with Crippen molar-refractivity contribution in [2.75, 3.05) is 12.3 Å². The maximum Gasteiger partial charge on any atom is 0.276 e. The first-order chi connectivity index (χ1) is 15.6. The summed E-state index contributed by atoms with van der Waals surface area (Å²) < 4.78 is 2.60. The molecule has 1 aliphatic rings. The SMILES string of the molecule is CCCSc1nc2c3c(sc2c(=O)n1-c1ccc(C)cc1)CCN(Cc1ccccc1)C3. The van der Waals surface area contributed by atoms with E-state index in [0.29, 0.717) is 0 Å². The van der Waals surface area contributed by atoms with Crippen molar-refractivity contribution in [3.63, 3.8) is 0 Å². The molecule has 0 radical (unpaired) electrons. The molecular formula is C26H27N3OS2. The fourth-order valence-corrected chi connectivity index (χ4v) is 6.24. The van der Waals surface area contributed by atoms with E-state index >= 15 is 0 Å². The van der Waals surface area contributed by atoms with E-state index in [1.807, 2.05) is 16.7 Å². The number of fused-ring (bicyclic) bond motifs is 3. The van der Waals surface area contributed by atoms with Crippen molar-refractivity contribution in [1.29, 1.82) is 0 Å². The molecular weight excluding hydrogens is 434 g/mol. The van der Waals surface area contributed by atoms with Crippen LogP contribution < -0.4 is 5.56 Å². The lowest BCUT2D eigenvalue weighted by Gasteiger charge is -2.26. The lowest BCUT2D eigenvalue weighted by Crippen LogP contribution is -2.29. The summed E-state index contributed by atoms with van der Waals surface area (Å²) in [6.45, 7) is 7.01. The summed E-state index contributed by atoms with van der Waals surface area (Å²) in [6, 6.07) is 18.8. The molecule has 0 bridgehead atoms. The zero-order valence-electron chi connectivity index (χ0n) is 18.5. The molecule has 0 atom stereocenters. The van der Waals surface area contributed by atoms with Crippen LogP contribution in [0.5, 0.6) is 0 Å². The fourth-order valence-electron chi connectivity index (χ4n) is 4.22. The molecule has 6 heteroatoms. The first kappa shape index (κ1) is 21.4. The van der Waals surface area contributed by atoms with Gasteiger partial charge >= 0.3 is 0 Å². The first-order valence-corrected chi connectivity index (χ1v) is 13.0. The van der Waals surface area contributed by atoms with Crippen LogP contribution in [0.15, 0.2) is 64.5 Å². The van der Waals surface area contributed by atoms with Crippen LogP contribution in [-0.2, 0) is 19.5 Å². The minimum Gasteiger partial charge on any atom is -0.294 e. The van der Waals surface area contributed by atoms with E-state index in [2.05, 4.69) is 61.2 Å². The van der Waals surface area contributed by atoms with Gasteiger partial charge < -0.3 is 0 Å². The van der Waals surface area contributed by atoms with Crippen LogP contribution >= 0.6 is 23.1 Å². The van der Waals surface area contributed by atoms with E-state index in [1.165, 1.54) is 21.6 Å². The second-order valence-corrected chi connectivity index (χ2v) is 10.5. The Kier molecular flexibility index (Phi) is 6.17. The molecule has 1 aliphatic heterocycles. The molecule has 2 aromatic heterocycles. The van der Waals surface area contributed by atoms with Crippen LogP contribution in [0.3, 0.4) is 0 Å². The van der Waals surface area contributed by atoms with Crippen molar-refractivity contribution in [3.8, 4) is 5.69 Å². The van der Waals surface area contributed by atoms with Crippen molar-refractivity contribution in [2.24, 2.45) is 0 Å². The minimum absolute atomic E-state index is 0.0615. The van der Waals surface area contributed by atoms with Crippen molar-refractivity contribution in [3.05, 3.63) is 86.5 Å². The van der Waals surface area contributed by atoms with E-state index in [4.69, 9.17) is 4.98 Å². The monoisotopic (exact) mass is 461 g/mol. The smallest absolute Gasteiger partial charge is 0.276 e. The van der Waals surface area contributed by atoms with Gasteiger partial charge in [-0.05, 0) is 37.5 Å². The number of hydrogen-bond donors (Lipinski definition) is 0. The Morgan fingerprint density at radius 2 is 1.88 bits per heavy atom. The van der Waals surface area contributed by atoms with Crippen LogP contribution in [0.25, 0.3) is 15.9 Å². The summed E-state index contributed by atoms with van der Waals surface area (Å²) in [6.07, 6.45) is 2.02. The second-order valence-electron chi connectivity index (χ2n) is 8.35. The number of thiophene rings is 1. The number of benzene rings is 2. The third-order valence-electron chi connectivity index (χ3n) is 5.87. The number of aryl methyl sites for hydroxylation is 1. The molecule has 2 aromatic carbocycles. The molecule has 4 nitrogen and oxygen atoms in total. The van der Waals surface area contributed by atoms with Crippen molar-refractivity contribution in [2.45, 2.75) is 44.9 Å². The van der Waals surface area contributed by atoms with E-state index < -0.39 is 0 Å². The van der Waals surface area contributed by atoms with Crippen LogP contribution in [0, 0.1) is 6.92 Å². The summed E-state index contributed by atoms with van der Waals surface area (Å²) in [5.74, 6) is 0.941. The molecule has 5 rings (SSSR count). The Morgan fingerprint density at radius 3 is 2.62 bits per heavy atom. The largest absolute Gasteiger partial charge is 0.294 e. The van der Waals surface area contributed by atoms with Crippen molar-refractivity contribution in [1.82, 2.24) is 14.5 Å². The van der Waals surface area contributed by atoms with Gasteiger partial charge in [0.25, 0.3) is 5.56 Å². The molecule has 0 spiro atoms. The van der Waals surface area contributed by atoms with Gasteiger partial charge in [-0.2, -0.15) is 0 Å². The average molecular weight is 462 g/mol. The summed E-state index contributed by atoms with van der Waals surface area (Å²) in [4.78, 5) is 22.6. The van der Waals surface area contributed by atoms with Crippen LogP contribution in [-0.4, -0.2) is 26.7 Å². The molecule has 0 amide bonds. The number of rotatable bonds is 6. The highest BCUT2D eigenvalue weighted by molar-refractivity contribution is 7.99. The fraction of sp³-hybridized carbons (Fsp3) is 0.308. The summed E-state index contributed by atoms with van der Waals surface area (Å²) in [5, 5.41) is 0.800. The van der Waals surface area contributed by atoms with Crippen LogP contribution in [0.2, 0.25) is 0 Å². The van der Waals surface area contributed by atoms with Gasteiger partial charge in [0.1, 0.15) is 4.70 Å². The average Bonchev–Trinajstić information content (AvgIpc) is 3.18. The van der Waals surface area contributed by atoms with Gasteiger partial charge in [0.2, 0.25) is 0 Å². The van der Waals surface area contributed by atoms with Crippen LogP contribution in [0.4, 0.5) is 0 Å². The second kappa shape index (κ2) is 9.22. The molecule has 0 saturated heterocycles. The quantitative estimate of drug-likeness (QED) is 0.268. The Morgan fingerprint density at radius 1 is 1.09 bits per heavy atom. The number of aromatic nitrogens is 2. The zero-order valence-corrected chi connectivity index (χ0v) is 20.1. The molecule has 0 aliphatic carbocycles. The predicted molar refractivity (Wildman–Crippen MR) is 135 cm³/mol. The molecule has 0 fully saturated rings. The maximum atomic E-state index is 13.7. The minimum atomic E-state index is 0.0615. The van der Waals surface area contributed by atoms with Gasteiger partial charge in [0.05, 0.1) is 11.2 Å². The van der Waals surface area contributed by atoms with E-state index in [9.17, 15) is 4.79 Å². The Hall–Kier alpha value is -2.41. The molecule has 0 unspecified atom stereocenters. The highest BCUT2D eigenvalue weighted by atomic mass is 32.2. The summed E-state index contributed by atoms with van der Waals surface area (Å²) in [5.41, 5.74) is 5.62. The first-order valence-electron chi connectivity index (χ1n) is 11.2. The third-order valence-corrected chi connectivity index (χ3v) is 8.29. The van der Waals surface area contributed by atoms with Gasteiger partial charge in [0, 0.05) is 35.8 Å². The molecule has 32 heavy (non-hydrogen) atoms. The van der Waals surface area contributed by atoms with E-state index in [-0.39, 0.29) is 5.56 Å². The van der Waals surface area contributed by atoms with Crippen molar-refractivity contribution >= 4 is 33.3 Å². The molecule has 4 aromatic rings. The molecule has 3 heterocycles. The van der Waals surface area contributed by atoms with E-state index in [0.717, 1.165) is 59.3 Å². The molecule has 0 saturated carbocycles. The van der Waals surface area contributed by atoms with Gasteiger partial charge in [0.15, 0.2) is 5.16 Å². The molecule has 0 N–H and O–H groups in total. The van der Waals surface area contributed by atoms with Crippen LogP contribution in [0.1, 0.15) is 34.9 Å². The Bertz CT molecular complexity index is 1290. The Balaban J connectivity index is 1.58. The standard InChI is InChI=1S/C26H27N3OS2/c1-3-15-31-26-27-23-21-17-28(16-19-7-5-4-6-8-19)14-13-22(21)32-24(23)25(30)29(26)20-11-9-18(2)10-12-20/h4-12H,3,13-17H2,1-2H3. The summed E-state index contributed by atoms with van der Waals surface area (Å²) in [7, 11) is 0. The number of hydrogen-bond acceptors (Lipinski definition) is 5. The maximum absolute atomic E-state index is 13.7. The van der Waals surface area contributed by atoms with Gasteiger partial charge in [-0.3, -0.25) is 14.3 Å². The lowest BCUT2D eigenvalue weighted by atomic mass is 10.1. The topological polar surface area (TPSA) is 38.1 Å². The van der Waals surface area contributed by atoms with Gasteiger partial charge in [-0.25, -0.2) is 4.98 Å². The predicted octanol–water partition coefficient (Wildman–Crippen LogP) is 5.82. The third kappa shape index (κ3) is 4.15.